The molecule has 0 saturated carbocycles. The molecule has 0 fully saturated rings. The summed E-state index contributed by atoms with van der Waals surface area (Å²) in [6.07, 6.45) is 0. The molecule has 10 heavy (non-hydrogen) atoms. The Labute approximate surface area is 64.1 Å². The summed E-state index contributed by atoms with van der Waals surface area (Å²) in [6.45, 7) is 5.90. The van der Waals surface area contributed by atoms with Crippen molar-refractivity contribution in [2.75, 3.05) is 12.0 Å². The van der Waals surface area contributed by atoms with Gasteiger partial charge in [0, 0.05) is 0 Å². The minimum absolute atomic E-state index is 0.251. The van der Waals surface area contributed by atoms with E-state index in [4.69, 9.17) is 0 Å². The van der Waals surface area contributed by atoms with E-state index in [-0.39, 0.29) is 12.0 Å². The Balaban J connectivity index is 3.89. The van der Waals surface area contributed by atoms with Gasteiger partial charge in [-0.25, -0.2) is 0 Å². The van der Waals surface area contributed by atoms with Gasteiger partial charge in [0.1, 0.15) is 0 Å². The van der Waals surface area contributed by atoms with Gasteiger partial charge in [-0.1, -0.05) is 13.1 Å². The molecule has 0 aromatic heterocycles. The monoisotopic (exact) mass is 182 g/mol. The summed E-state index contributed by atoms with van der Waals surface area (Å²) in [7, 11) is -4.21. The van der Waals surface area contributed by atoms with Gasteiger partial charge in [0.2, 0.25) is 0 Å². The molecule has 0 atom stereocenters. The zero-order valence-corrected chi connectivity index (χ0v) is 8.60. The molecular formula is C5H14O3SSi. The molecule has 0 spiro atoms. The molecular weight excluding hydrogens is 168 g/mol. The van der Waals surface area contributed by atoms with Crippen molar-refractivity contribution in [2.45, 2.75) is 20.0 Å². The van der Waals surface area contributed by atoms with Crippen LogP contribution in [0.3, 0.4) is 0 Å². The standard InChI is InChI=1S/C5H14O3SSi/c1-4-8-9(6,7)5-10(2)3/h10H,4-5H2,1-3H3. The molecule has 0 aromatic carbocycles. The fraction of sp³-hybridized carbons (Fsp3) is 1.00. The molecule has 0 amide bonds. The fourth-order valence-corrected chi connectivity index (χ4v) is 4.65. The second kappa shape index (κ2) is 4.10. The van der Waals surface area contributed by atoms with Crippen LogP contribution in [0.2, 0.25) is 13.1 Å². The van der Waals surface area contributed by atoms with Crippen LogP contribution in [-0.2, 0) is 14.3 Å². The third-order valence-electron chi connectivity index (χ3n) is 0.835. The molecule has 3 nitrogen and oxygen atoms in total. The highest BCUT2D eigenvalue weighted by Gasteiger charge is 2.12. The molecule has 0 radical (unpaired) electrons. The molecule has 0 saturated heterocycles. The molecule has 0 aromatic rings. The maximum absolute atomic E-state index is 10.9. The van der Waals surface area contributed by atoms with E-state index in [1.54, 1.807) is 6.92 Å². The van der Waals surface area contributed by atoms with Gasteiger partial charge in [0.25, 0.3) is 10.1 Å². The van der Waals surface area contributed by atoms with Crippen molar-refractivity contribution in [1.29, 1.82) is 0 Å². The highest BCUT2D eigenvalue weighted by molar-refractivity contribution is 7.88. The predicted molar refractivity (Wildman–Crippen MR) is 44.3 cm³/mol. The average molecular weight is 182 g/mol. The SMILES string of the molecule is CCOS(=O)(=O)C[SiH](C)C. The zero-order chi connectivity index (χ0) is 8.20. The largest absolute Gasteiger partial charge is 0.271 e. The Morgan fingerprint density at radius 1 is 1.40 bits per heavy atom. The van der Waals surface area contributed by atoms with E-state index in [1.165, 1.54) is 0 Å². The number of hydrogen-bond donors (Lipinski definition) is 0. The lowest BCUT2D eigenvalue weighted by atomic mass is 10.9. The Morgan fingerprint density at radius 2 is 1.90 bits per heavy atom. The van der Waals surface area contributed by atoms with Crippen molar-refractivity contribution in [1.82, 2.24) is 0 Å². The van der Waals surface area contributed by atoms with E-state index in [2.05, 4.69) is 4.18 Å². The van der Waals surface area contributed by atoms with Crippen LogP contribution in [0.4, 0.5) is 0 Å². The average Bonchev–Trinajstić information content (AvgIpc) is 1.59. The van der Waals surface area contributed by atoms with E-state index in [9.17, 15) is 8.42 Å². The minimum atomic E-state index is -3.17. The van der Waals surface area contributed by atoms with Gasteiger partial charge in [-0.05, 0) is 6.92 Å². The summed E-state index contributed by atoms with van der Waals surface area (Å²) >= 11 is 0. The van der Waals surface area contributed by atoms with Crippen molar-refractivity contribution in [3.63, 3.8) is 0 Å². The normalized spacial score (nSPS) is 12.4. The van der Waals surface area contributed by atoms with Gasteiger partial charge < -0.3 is 0 Å². The van der Waals surface area contributed by atoms with Crippen LogP contribution in [0, 0.1) is 0 Å². The first-order valence-electron chi connectivity index (χ1n) is 3.35. The quantitative estimate of drug-likeness (QED) is 0.466. The lowest BCUT2D eigenvalue weighted by molar-refractivity contribution is 0.341. The third-order valence-corrected chi connectivity index (χ3v) is 5.73. The first kappa shape index (κ1) is 10.1. The molecule has 62 valence electrons. The highest BCUT2D eigenvalue weighted by atomic mass is 32.2. The molecule has 0 bridgehead atoms. The Morgan fingerprint density at radius 3 is 2.20 bits per heavy atom. The van der Waals surface area contributed by atoms with Crippen molar-refractivity contribution >= 4 is 18.9 Å². The first-order valence-corrected chi connectivity index (χ1v) is 8.05. The van der Waals surface area contributed by atoms with Gasteiger partial charge in [-0.3, -0.25) is 4.18 Å². The van der Waals surface area contributed by atoms with Crippen LogP contribution < -0.4 is 0 Å². The molecule has 0 aliphatic carbocycles. The molecule has 0 unspecified atom stereocenters. The van der Waals surface area contributed by atoms with E-state index < -0.39 is 18.9 Å². The summed E-state index contributed by atoms with van der Waals surface area (Å²) < 4.78 is 26.3. The van der Waals surface area contributed by atoms with E-state index in [0.717, 1.165) is 0 Å². The van der Waals surface area contributed by atoms with Gasteiger partial charge in [-0.15, -0.1) is 0 Å². The second-order valence-corrected chi connectivity index (χ2v) is 8.00. The first-order chi connectivity index (χ1) is 4.48. The van der Waals surface area contributed by atoms with E-state index in [1.807, 2.05) is 13.1 Å². The van der Waals surface area contributed by atoms with Crippen LogP contribution >= 0.6 is 0 Å². The van der Waals surface area contributed by atoms with Crippen LogP contribution in [-0.4, -0.2) is 29.2 Å². The molecule has 0 N–H and O–H groups in total. The van der Waals surface area contributed by atoms with Crippen LogP contribution in [0.25, 0.3) is 0 Å². The Bertz CT molecular complexity index is 173. The Kier molecular flexibility index (Phi) is 4.15. The topological polar surface area (TPSA) is 43.4 Å². The maximum Gasteiger partial charge on any atom is 0.264 e. The smallest absolute Gasteiger partial charge is 0.264 e. The third kappa shape index (κ3) is 4.96. The molecule has 0 heterocycles. The molecule has 0 rings (SSSR count). The summed E-state index contributed by atoms with van der Waals surface area (Å²) in [5, 5.41) is 0.251. The van der Waals surface area contributed by atoms with E-state index >= 15 is 0 Å². The van der Waals surface area contributed by atoms with Crippen molar-refractivity contribution in [3.05, 3.63) is 0 Å². The van der Waals surface area contributed by atoms with Crippen LogP contribution in [0.1, 0.15) is 6.92 Å². The van der Waals surface area contributed by atoms with Crippen LogP contribution in [0.5, 0.6) is 0 Å². The molecule has 0 aliphatic heterocycles. The maximum atomic E-state index is 10.9. The number of rotatable bonds is 4. The Hall–Kier alpha value is 0.127. The minimum Gasteiger partial charge on any atom is -0.271 e. The van der Waals surface area contributed by atoms with Gasteiger partial charge >= 0.3 is 0 Å². The molecule has 5 heteroatoms. The highest BCUT2D eigenvalue weighted by Crippen LogP contribution is 1.95. The van der Waals surface area contributed by atoms with Gasteiger partial charge in [0.15, 0.2) is 0 Å². The lowest BCUT2D eigenvalue weighted by Gasteiger charge is -2.03. The zero-order valence-electron chi connectivity index (χ0n) is 6.62. The number of hydrogen-bond acceptors (Lipinski definition) is 3. The van der Waals surface area contributed by atoms with Gasteiger partial charge in [0.05, 0.1) is 20.8 Å². The summed E-state index contributed by atoms with van der Waals surface area (Å²) in [5.41, 5.74) is 0. The van der Waals surface area contributed by atoms with Crippen molar-refractivity contribution < 1.29 is 12.6 Å². The summed E-state index contributed by atoms with van der Waals surface area (Å²) in [6, 6.07) is 0. The second-order valence-electron chi connectivity index (χ2n) is 2.52. The fourth-order valence-electron chi connectivity index (χ4n) is 0.636. The lowest BCUT2D eigenvalue weighted by Crippen LogP contribution is -2.20. The van der Waals surface area contributed by atoms with Crippen molar-refractivity contribution in [3.8, 4) is 0 Å². The summed E-state index contributed by atoms with van der Waals surface area (Å²) in [4.78, 5) is 0. The van der Waals surface area contributed by atoms with Crippen LogP contribution in [0.15, 0.2) is 0 Å². The summed E-state index contributed by atoms with van der Waals surface area (Å²) in [5.74, 6) is 0. The predicted octanol–water partition coefficient (Wildman–Crippen LogP) is 0.379. The van der Waals surface area contributed by atoms with E-state index in [0.29, 0.717) is 0 Å². The van der Waals surface area contributed by atoms with Crippen molar-refractivity contribution in [2.24, 2.45) is 0 Å². The molecule has 0 aliphatic rings. The van der Waals surface area contributed by atoms with Gasteiger partial charge in [-0.2, -0.15) is 8.42 Å².